The van der Waals surface area contributed by atoms with Crippen LogP contribution < -0.4 is 15.4 Å². The number of nitrogens with one attached hydrogen (secondary N) is 3. The lowest BCUT2D eigenvalue weighted by atomic mass is 10.1. The van der Waals surface area contributed by atoms with Crippen LogP contribution in [0.2, 0.25) is 10.0 Å². The highest BCUT2D eigenvalue weighted by Gasteiger charge is 2.18. The van der Waals surface area contributed by atoms with Gasteiger partial charge in [0.15, 0.2) is 0 Å². The lowest BCUT2D eigenvalue weighted by Gasteiger charge is -2.17. The molecule has 38 heavy (non-hydrogen) atoms. The van der Waals surface area contributed by atoms with Gasteiger partial charge in [-0.25, -0.2) is 9.19 Å². The van der Waals surface area contributed by atoms with Gasteiger partial charge in [0.05, 0.1) is 32.5 Å². The maximum absolute atomic E-state index is 13.0. The molecule has 9 nitrogen and oxygen atoms in total. The highest BCUT2D eigenvalue weighted by molar-refractivity contribution is 7.99. The molecule has 0 aliphatic heterocycles. The van der Waals surface area contributed by atoms with Crippen molar-refractivity contribution in [3.05, 3.63) is 82.0 Å². The highest BCUT2D eigenvalue weighted by atomic mass is 35.5. The molecule has 200 valence electrons. The maximum Gasteiger partial charge on any atom is 0.258 e. The molecule has 1 aromatic heterocycles. The molecule has 0 fully saturated rings. The molecule has 1 atom stereocenters. The Kier molecular flexibility index (Phi) is 9.87. The first-order valence-electron chi connectivity index (χ1n) is 11.5. The molecular weight excluding hydrogens is 549 g/mol. The number of likely N-dealkylation sites (N-methyl/N-ethyl adjacent to an activating group) is 1. The summed E-state index contributed by atoms with van der Waals surface area (Å²) in [5, 5.41) is 6.04. The Morgan fingerprint density at radius 3 is 2.29 bits per heavy atom. The number of halogens is 2. The van der Waals surface area contributed by atoms with Crippen LogP contribution in [0.15, 0.2) is 65.7 Å². The van der Waals surface area contributed by atoms with Crippen LogP contribution in [-0.4, -0.2) is 57.8 Å². The molecule has 12 heteroatoms. The van der Waals surface area contributed by atoms with E-state index in [1.54, 1.807) is 13.1 Å². The molecular formula is C26H27Cl2N5O4S. The van der Waals surface area contributed by atoms with E-state index in [0.29, 0.717) is 10.0 Å². The first kappa shape index (κ1) is 29.1. The molecule has 3 amide bonds. The fourth-order valence-corrected chi connectivity index (χ4v) is 4.86. The van der Waals surface area contributed by atoms with E-state index in [-0.39, 0.29) is 34.1 Å². The second kappa shape index (κ2) is 12.9. The monoisotopic (exact) mass is 575 g/mol. The minimum atomic E-state index is -3.12. The van der Waals surface area contributed by atoms with Crippen molar-refractivity contribution < 1.29 is 18.6 Å². The summed E-state index contributed by atoms with van der Waals surface area (Å²) in [6.45, 7) is 2.81. The molecule has 1 unspecified atom stereocenters. The summed E-state index contributed by atoms with van der Waals surface area (Å²) in [5.41, 5.74) is 0.578. The molecule has 3 N–H and O–H groups in total. The zero-order valence-corrected chi connectivity index (χ0v) is 23.1. The summed E-state index contributed by atoms with van der Waals surface area (Å²) < 4.78 is 15.5. The van der Waals surface area contributed by atoms with Gasteiger partial charge < -0.3 is 10.6 Å². The predicted octanol–water partition coefficient (Wildman–Crippen LogP) is 4.34. The summed E-state index contributed by atoms with van der Waals surface area (Å²) in [6.07, 6.45) is 2.27. The molecule has 1 heterocycles. The number of anilines is 2. The molecule has 0 saturated heterocycles. The molecule has 3 rings (SSSR count). The van der Waals surface area contributed by atoms with Crippen molar-refractivity contribution in [2.45, 2.75) is 18.2 Å². The zero-order valence-electron chi connectivity index (χ0n) is 20.8. The van der Waals surface area contributed by atoms with Gasteiger partial charge in [-0.2, -0.15) is 0 Å². The molecule has 2 aromatic carbocycles. The predicted molar refractivity (Wildman–Crippen MR) is 153 cm³/mol. The van der Waals surface area contributed by atoms with Crippen LogP contribution in [0.25, 0.3) is 0 Å². The van der Waals surface area contributed by atoms with E-state index >= 15 is 0 Å². The number of hydrogen-bond acceptors (Lipinski definition) is 6. The number of nitrogens with zero attached hydrogens (tertiary/aromatic N) is 2. The van der Waals surface area contributed by atoms with Crippen LogP contribution in [0, 0.1) is 0 Å². The average Bonchev–Trinajstić information content (AvgIpc) is 2.86. The van der Waals surface area contributed by atoms with Crippen molar-refractivity contribution in [3.63, 3.8) is 0 Å². The summed E-state index contributed by atoms with van der Waals surface area (Å²) in [4.78, 5) is 44.2. The maximum atomic E-state index is 13.0. The third kappa shape index (κ3) is 8.03. The van der Waals surface area contributed by atoms with Gasteiger partial charge in [0.25, 0.3) is 11.8 Å². The van der Waals surface area contributed by atoms with E-state index < -0.39 is 27.4 Å². The molecule has 0 spiro atoms. The molecule has 0 bridgehead atoms. The van der Waals surface area contributed by atoms with E-state index in [0.717, 1.165) is 13.0 Å². The molecule has 0 saturated carbocycles. The Labute approximate surface area is 231 Å². The normalized spacial score (nSPS) is 12.4. The average molecular weight is 577 g/mol. The second-order valence-electron chi connectivity index (χ2n) is 8.42. The number of hydrogen-bond donors (Lipinski definition) is 3. The zero-order chi connectivity index (χ0) is 27.9. The van der Waals surface area contributed by atoms with Crippen LogP contribution >= 0.6 is 23.2 Å². The summed E-state index contributed by atoms with van der Waals surface area (Å²) in [6, 6.07) is 13.4. The molecule has 3 aromatic rings. The highest BCUT2D eigenvalue weighted by Crippen LogP contribution is 2.23. The van der Waals surface area contributed by atoms with Gasteiger partial charge in [-0.15, -0.1) is 0 Å². The number of benzene rings is 2. The van der Waals surface area contributed by atoms with E-state index in [1.165, 1.54) is 54.7 Å². The van der Waals surface area contributed by atoms with Crippen molar-refractivity contribution in [1.29, 1.82) is 0 Å². The Balaban J connectivity index is 1.72. The van der Waals surface area contributed by atoms with E-state index in [4.69, 9.17) is 23.2 Å². The van der Waals surface area contributed by atoms with Crippen molar-refractivity contribution >= 4 is 68.0 Å². The van der Waals surface area contributed by atoms with Gasteiger partial charge in [-0.1, -0.05) is 30.1 Å². The molecule has 0 aliphatic rings. The van der Waals surface area contributed by atoms with Crippen molar-refractivity contribution in [2.75, 3.05) is 30.8 Å². The third-order valence-electron chi connectivity index (χ3n) is 5.24. The number of amides is 3. The van der Waals surface area contributed by atoms with Gasteiger partial charge >= 0.3 is 0 Å². The van der Waals surface area contributed by atoms with Crippen LogP contribution in [0.4, 0.5) is 11.5 Å². The lowest BCUT2D eigenvalue weighted by Crippen LogP contribution is -2.38. The number of carbonyl (C=O) groups excluding carboxylic acids is 3. The summed E-state index contributed by atoms with van der Waals surface area (Å²) in [7, 11) is -1.32. The Bertz CT molecular complexity index is 1430. The Morgan fingerprint density at radius 2 is 1.66 bits per heavy atom. The number of pyridine rings is 1. The van der Waals surface area contributed by atoms with Gasteiger partial charge in [-0.3, -0.25) is 24.0 Å². The van der Waals surface area contributed by atoms with Gasteiger partial charge in [0.1, 0.15) is 5.82 Å². The Morgan fingerprint density at radius 1 is 0.974 bits per heavy atom. The van der Waals surface area contributed by atoms with Crippen LogP contribution in [-0.2, 0) is 14.5 Å². The molecule has 0 aliphatic carbocycles. The fraction of sp³-hybridized carbons (Fsp3) is 0.192. The van der Waals surface area contributed by atoms with Crippen LogP contribution in [0.1, 0.15) is 34.1 Å². The van der Waals surface area contributed by atoms with Crippen LogP contribution in [0.3, 0.4) is 0 Å². The minimum Gasteiger partial charge on any atom is -0.321 e. The van der Waals surface area contributed by atoms with Gasteiger partial charge in [0, 0.05) is 21.7 Å². The van der Waals surface area contributed by atoms with Gasteiger partial charge in [-0.05, 0) is 80.5 Å². The SMILES string of the molecule is C=S(=O)(NC(=O)CN(C)CCC)c1ccc(C(=O)Nc2ccc(Cl)cc2C(=O)Nc2ccc(Cl)cn2)cc1. The topological polar surface area (TPSA) is 121 Å². The van der Waals surface area contributed by atoms with Crippen LogP contribution in [0.5, 0.6) is 0 Å². The minimum absolute atomic E-state index is 0.0892. The quantitative estimate of drug-likeness (QED) is 0.309. The lowest BCUT2D eigenvalue weighted by molar-refractivity contribution is -0.120. The number of carbonyl (C=O) groups is 3. The van der Waals surface area contributed by atoms with Crippen molar-refractivity contribution in [3.8, 4) is 0 Å². The standard InChI is InChI=1S/C26H27Cl2N5O4S/c1-4-13-33(2)16-24(34)32-38(3,37)20-9-5-17(6-10-20)25(35)30-22-11-7-18(27)14-21(22)26(36)31-23-12-8-19(28)15-29-23/h5-12,14-15H,3-4,13,16H2,1-2H3,(H,30,35)(H,29,31,36)(H,32,34,37). The first-order valence-corrected chi connectivity index (χ1v) is 14.0. The van der Waals surface area contributed by atoms with E-state index in [2.05, 4.69) is 26.2 Å². The number of rotatable bonds is 10. The summed E-state index contributed by atoms with van der Waals surface area (Å²) in [5.74, 6) is 2.47. The van der Waals surface area contributed by atoms with Crippen molar-refractivity contribution in [1.82, 2.24) is 14.6 Å². The van der Waals surface area contributed by atoms with E-state index in [1.807, 2.05) is 11.8 Å². The largest absolute Gasteiger partial charge is 0.321 e. The fourth-order valence-electron chi connectivity index (χ4n) is 3.45. The molecule has 0 radical (unpaired) electrons. The first-order chi connectivity index (χ1) is 18.0. The van der Waals surface area contributed by atoms with Crippen molar-refractivity contribution in [2.24, 2.45) is 0 Å². The number of aromatic nitrogens is 1. The second-order valence-corrected chi connectivity index (χ2v) is 11.3. The Hall–Kier alpha value is -3.44. The smallest absolute Gasteiger partial charge is 0.258 e. The third-order valence-corrected chi connectivity index (χ3v) is 7.29. The van der Waals surface area contributed by atoms with Gasteiger partial charge in [0.2, 0.25) is 5.91 Å². The van der Waals surface area contributed by atoms with E-state index in [9.17, 15) is 18.6 Å². The summed E-state index contributed by atoms with van der Waals surface area (Å²) >= 11 is 11.9.